The normalized spacial score (nSPS) is 37.8. The maximum Gasteiger partial charge on any atom is 0.254 e. The molecule has 0 radical (unpaired) electrons. The number of nitrogens with one attached hydrogen (secondary N) is 1. The zero-order valence-corrected chi connectivity index (χ0v) is 8.22. The number of halogens is 2. The van der Waals surface area contributed by atoms with Crippen molar-refractivity contribution in [2.75, 3.05) is 6.54 Å². The number of hydrogen-bond acceptors (Lipinski definition) is 1. The molecular weight excluding hydrogens is 188 g/mol. The van der Waals surface area contributed by atoms with E-state index in [1.807, 2.05) is 0 Å². The van der Waals surface area contributed by atoms with Crippen molar-refractivity contribution in [3.05, 3.63) is 0 Å². The van der Waals surface area contributed by atoms with E-state index in [1.54, 1.807) is 6.92 Å². The van der Waals surface area contributed by atoms with Crippen LogP contribution in [-0.2, 0) is 4.79 Å². The summed E-state index contributed by atoms with van der Waals surface area (Å²) < 4.78 is 25.6. The fourth-order valence-electron chi connectivity index (χ4n) is 2.47. The van der Waals surface area contributed by atoms with Crippen molar-refractivity contribution >= 4 is 5.91 Å². The van der Waals surface area contributed by atoms with Crippen LogP contribution in [0.3, 0.4) is 0 Å². The van der Waals surface area contributed by atoms with Crippen molar-refractivity contribution in [1.82, 2.24) is 5.32 Å². The van der Waals surface area contributed by atoms with E-state index in [0.717, 1.165) is 0 Å². The summed E-state index contributed by atoms with van der Waals surface area (Å²) in [4.78, 5) is 10.9. The van der Waals surface area contributed by atoms with Gasteiger partial charge in [-0.05, 0) is 18.8 Å². The molecule has 2 aliphatic carbocycles. The van der Waals surface area contributed by atoms with Gasteiger partial charge in [0.15, 0.2) is 0 Å². The van der Waals surface area contributed by atoms with Crippen LogP contribution in [0.15, 0.2) is 0 Å². The molecular formula is C10H15F2NO. The van der Waals surface area contributed by atoms with Crippen molar-refractivity contribution < 1.29 is 13.6 Å². The molecule has 0 aromatic rings. The van der Waals surface area contributed by atoms with Gasteiger partial charge in [-0.25, -0.2) is 8.78 Å². The molecule has 80 valence electrons. The third kappa shape index (κ3) is 1.51. The second kappa shape index (κ2) is 3.17. The Morgan fingerprint density at radius 3 is 2.50 bits per heavy atom. The first-order valence-corrected chi connectivity index (χ1v) is 5.20. The highest BCUT2D eigenvalue weighted by molar-refractivity contribution is 5.75. The second-order valence-electron chi connectivity index (χ2n) is 4.38. The van der Waals surface area contributed by atoms with Gasteiger partial charge in [0.2, 0.25) is 5.91 Å². The molecule has 0 aliphatic heterocycles. The molecule has 0 aromatic carbocycles. The minimum absolute atomic E-state index is 0.0114. The lowest BCUT2D eigenvalue weighted by Crippen LogP contribution is -2.28. The molecule has 1 N–H and O–H groups in total. The SMILES string of the molecule is CCC(=O)NCC1CC2C(C1)C2(F)F. The predicted molar refractivity (Wildman–Crippen MR) is 48.0 cm³/mol. The fraction of sp³-hybridized carbons (Fsp3) is 0.900. The molecule has 0 saturated heterocycles. The Bertz CT molecular complexity index is 241. The van der Waals surface area contributed by atoms with E-state index in [1.165, 1.54) is 0 Å². The maximum atomic E-state index is 12.8. The van der Waals surface area contributed by atoms with Crippen LogP contribution in [0.5, 0.6) is 0 Å². The fourth-order valence-corrected chi connectivity index (χ4v) is 2.47. The van der Waals surface area contributed by atoms with Gasteiger partial charge in [-0.2, -0.15) is 0 Å². The Morgan fingerprint density at radius 1 is 1.43 bits per heavy atom. The first-order chi connectivity index (χ1) is 6.55. The second-order valence-corrected chi connectivity index (χ2v) is 4.38. The topological polar surface area (TPSA) is 29.1 Å². The van der Waals surface area contributed by atoms with Crippen molar-refractivity contribution in [3.63, 3.8) is 0 Å². The first kappa shape index (κ1) is 9.87. The summed E-state index contributed by atoms with van der Waals surface area (Å²) in [5, 5.41) is 2.76. The van der Waals surface area contributed by atoms with Crippen molar-refractivity contribution in [2.45, 2.75) is 32.1 Å². The van der Waals surface area contributed by atoms with Crippen LogP contribution in [-0.4, -0.2) is 18.4 Å². The number of fused-ring (bicyclic) bond motifs is 1. The lowest BCUT2D eigenvalue weighted by Gasteiger charge is -2.14. The van der Waals surface area contributed by atoms with Gasteiger partial charge in [-0.15, -0.1) is 0 Å². The Kier molecular flexibility index (Phi) is 2.24. The quantitative estimate of drug-likeness (QED) is 0.744. The Balaban J connectivity index is 1.70. The molecule has 2 aliphatic rings. The van der Waals surface area contributed by atoms with Crippen LogP contribution >= 0.6 is 0 Å². The summed E-state index contributed by atoms with van der Waals surface area (Å²) in [5.41, 5.74) is 0. The average molecular weight is 203 g/mol. The minimum atomic E-state index is -2.38. The van der Waals surface area contributed by atoms with E-state index in [0.29, 0.717) is 25.8 Å². The van der Waals surface area contributed by atoms with Crippen LogP contribution < -0.4 is 5.32 Å². The largest absolute Gasteiger partial charge is 0.356 e. The molecule has 0 aromatic heterocycles. The zero-order chi connectivity index (χ0) is 10.3. The Labute approximate surface area is 82.1 Å². The minimum Gasteiger partial charge on any atom is -0.356 e. The van der Waals surface area contributed by atoms with Crippen LogP contribution in [0.1, 0.15) is 26.2 Å². The summed E-state index contributed by atoms with van der Waals surface area (Å²) in [6, 6.07) is 0. The highest BCUT2D eigenvalue weighted by Crippen LogP contribution is 2.65. The number of alkyl halides is 2. The van der Waals surface area contributed by atoms with E-state index in [2.05, 4.69) is 5.32 Å². The molecule has 1 amide bonds. The third-order valence-electron chi connectivity index (χ3n) is 3.45. The molecule has 0 spiro atoms. The molecule has 2 atom stereocenters. The number of carbonyl (C=O) groups excluding carboxylic acids is 1. The van der Waals surface area contributed by atoms with E-state index in [9.17, 15) is 13.6 Å². The Hall–Kier alpha value is -0.670. The van der Waals surface area contributed by atoms with Crippen LogP contribution in [0.2, 0.25) is 0 Å². The summed E-state index contributed by atoms with van der Waals surface area (Å²) in [7, 11) is 0. The standard InChI is InChI=1S/C10H15F2NO/c1-2-9(14)13-5-6-3-7-8(4-6)10(7,11)12/h6-8H,2-5H2,1H3,(H,13,14). The molecule has 2 fully saturated rings. The lowest BCUT2D eigenvalue weighted by atomic mass is 10.0. The third-order valence-corrected chi connectivity index (χ3v) is 3.45. The average Bonchev–Trinajstić information content (AvgIpc) is 2.57. The number of carbonyl (C=O) groups is 1. The summed E-state index contributed by atoms with van der Waals surface area (Å²) in [6.07, 6.45) is 1.64. The van der Waals surface area contributed by atoms with Crippen molar-refractivity contribution in [1.29, 1.82) is 0 Å². The van der Waals surface area contributed by atoms with E-state index >= 15 is 0 Å². The van der Waals surface area contributed by atoms with Gasteiger partial charge in [0.05, 0.1) is 0 Å². The summed E-state index contributed by atoms with van der Waals surface area (Å²) in [5.74, 6) is -2.86. The number of hydrogen-bond donors (Lipinski definition) is 1. The van der Waals surface area contributed by atoms with Crippen LogP contribution in [0.4, 0.5) is 8.78 Å². The highest BCUT2D eigenvalue weighted by atomic mass is 19.3. The molecule has 14 heavy (non-hydrogen) atoms. The maximum absolute atomic E-state index is 12.8. The van der Waals surface area contributed by atoms with Crippen molar-refractivity contribution in [3.8, 4) is 0 Å². The molecule has 2 saturated carbocycles. The number of amides is 1. The molecule has 2 rings (SSSR count). The van der Waals surface area contributed by atoms with Gasteiger partial charge in [-0.1, -0.05) is 6.92 Å². The molecule has 0 bridgehead atoms. The van der Waals surface area contributed by atoms with Crippen LogP contribution in [0, 0.1) is 17.8 Å². The van der Waals surface area contributed by atoms with E-state index < -0.39 is 5.92 Å². The number of rotatable bonds is 3. The van der Waals surface area contributed by atoms with Gasteiger partial charge in [0.1, 0.15) is 0 Å². The zero-order valence-electron chi connectivity index (χ0n) is 8.22. The van der Waals surface area contributed by atoms with Crippen LogP contribution in [0.25, 0.3) is 0 Å². The van der Waals surface area contributed by atoms with Crippen molar-refractivity contribution in [2.24, 2.45) is 17.8 Å². The molecule has 4 heteroatoms. The predicted octanol–water partition coefficient (Wildman–Crippen LogP) is 1.80. The van der Waals surface area contributed by atoms with Gasteiger partial charge in [0, 0.05) is 24.8 Å². The monoisotopic (exact) mass is 203 g/mol. The van der Waals surface area contributed by atoms with Gasteiger partial charge < -0.3 is 5.32 Å². The van der Waals surface area contributed by atoms with E-state index in [4.69, 9.17) is 0 Å². The lowest BCUT2D eigenvalue weighted by molar-refractivity contribution is -0.120. The van der Waals surface area contributed by atoms with Gasteiger partial charge >= 0.3 is 0 Å². The smallest absolute Gasteiger partial charge is 0.254 e. The van der Waals surface area contributed by atoms with E-state index in [-0.39, 0.29) is 23.7 Å². The van der Waals surface area contributed by atoms with Gasteiger partial charge in [0.25, 0.3) is 5.92 Å². The summed E-state index contributed by atoms with van der Waals surface area (Å²) >= 11 is 0. The molecule has 2 unspecified atom stereocenters. The molecule has 0 heterocycles. The Morgan fingerprint density at radius 2 is 2.00 bits per heavy atom. The summed E-state index contributed by atoms with van der Waals surface area (Å²) in [6.45, 7) is 2.37. The first-order valence-electron chi connectivity index (χ1n) is 5.20. The highest BCUT2D eigenvalue weighted by Gasteiger charge is 2.71. The molecule has 2 nitrogen and oxygen atoms in total. The van der Waals surface area contributed by atoms with Gasteiger partial charge in [-0.3, -0.25) is 4.79 Å².